The van der Waals surface area contributed by atoms with Crippen molar-refractivity contribution in [3.05, 3.63) is 20.7 Å². The van der Waals surface area contributed by atoms with Gasteiger partial charge in [0.1, 0.15) is 5.69 Å². The van der Waals surface area contributed by atoms with Gasteiger partial charge >= 0.3 is 0 Å². The fourth-order valence-corrected chi connectivity index (χ4v) is 1.87. The molecule has 0 aliphatic rings. The summed E-state index contributed by atoms with van der Waals surface area (Å²) in [7, 11) is 0. The van der Waals surface area contributed by atoms with Crippen molar-refractivity contribution in [2.45, 2.75) is 20.8 Å². The Balaban J connectivity index is 3.32. The number of aryl methyl sites for hydroxylation is 1. The van der Waals surface area contributed by atoms with E-state index in [-0.39, 0.29) is 11.1 Å². The normalized spacial score (nSPS) is 10.1. The van der Waals surface area contributed by atoms with E-state index in [0.717, 1.165) is 4.88 Å². The van der Waals surface area contributed by atoms with Gasteiger partial charge in [-0.05, 0) is 20.8 Å². The average molecular weight is 199 g/mol. The van der Waals surface area contributed by atoms with E-state index in [4.69, 9.17) is 10.5 Å². The molecule has 0 unspecified atom stereocenters. The van der Waals surface area contributed by atoms with Crippen LogP contribution in [0.2, 0.25) is 0 Å². The minimum Gasteiger partial charge on any atom is -0.483 e. The first-order chi connectivity index (χ1) is 6.07. The summed E-state index contributed by atoms with van der Waals surface area (Å²) in [5.74, 6) is 0. The number of rotatable bonds is 2. The standard InChI is InChI=1S/C9H13NO2S/c1-4-12-9-7(10)8(11)5(2)6(3)13-9/h4,10H2,1-3H3. The molecule has 0 bridgehead atoms. The molecule has 0 saturated carbocycles. The molecule has 2 N–H and O–H groups in total. The van der Waals surface area contributed by atoms with Crippen LogP contribution in [-0.2, 0) is 0 Å². The number of anilines is 1. The van der Waals surface area contributed by atoms with E-state index in [2.05, 4.69) is 0 Å². The summed E-state index contributed by atoms with van der Waals surface area (Å²) >= 11 is 1.42. The van der Waals surface area contributed by atoms with Gasteiger partial charge < -0.3 is 10.5 Å². The molecule has 0 spiro atoms. The van der Waals surface area contributed by atoms with E-state index < -0.39 is 0 Å². The van der Waals surface area contributed by atoms with Crippen LogP contribution in [0, 0.1) is 13.8 Å². The summed E-state index contributed by atoms with van der Waals surface area (Å²) in [4.78, 5) is 12.4. The van der Waals surface area contributed by atoms with Crippen LogP contribution in [0.15, 0.2) is 4.79 Å². The fraction of sp³-hybridized carbons (Fsp3) is 0.444. The van der Waals surface area contributed by atoms with E-state index in [9.17, 15) is 4.79 Å². The second-order valence-electron chi connectivity index (χ2n) is 2.75. The molecule has 0 amide bonds. The highest BCUT2D eigenvalue weighted by Gasteiger charge is 2.09. The predicted molar refractivity (Wildman–Crippen MR) is 55.6 cm³/mol. The maximum atomic E-state index is 11.5. The molecule has 72 valence electrons. The summed E-state index contributed by atoms with van der Waals surface area (Å²) in [5.41, 5.74) is 6.45. The molecular weight excluding hydrogens is 186 g/mol. The van der Waals surface area contributed by atoms with E-state index in [0.29, 0.717) is 17.2 Å². The summed E-state index contributed by atoms with van der Waals surface area (Å²) in [5, 5.41) is 0.538. The second kappa shape index (κ2) is 3.79. The average Bonchev–Trinajstić information content (AvgIpc) is 2.11. The SMILES string of the molecule is CCOc1sc(C)c(C)c(=O)c1N. The lowest BCUT2D eigenvalue weighted by Crippen LogP contribution is -2.13. The number of hydrogen-bond acceptors (Lipinski definition) is 4. The number of ether oxygens (including phenoxy) is 1. The van der Waals surface area contributed by atoms with Crippen molar-refractivity contribution in [1.82, 2.24) is 0 Å². The van der Waals surface area contributed by atoms with Crippen LogP contribution in [0.1, 0.15) is 17.4 Å². The highest BCUT2D eigenvalue weighted by Crippen LogP contribution is 2.27. The highest BCUT2D eigenvalue weighted by molar-refractivity contribution is 7.14. The van der Waals surface area contributed by atoms with Crippen molar-refractivity contribution >= 4 is 17.0 Å². The van der Waals surface area contributed by atoms with Gasteiger partial charge in [0.15, 0.2) is 0 Å². The van der Waals surface area contributed by atoms with Crippen molar-refractivity contribution in [2.75, 3.05) is 12.3 Å². The third-order valence-electron chi connectivity index (χ3n) is 1.85. The van der Waals surface area contributed by atoms with Gasteiger partial charge in [-0.2, -0.15) is 0 Å². The monoisotopic (exact) mass is 199 g/mol. The van der Waals surface area contributed by atoms with Crippen LogP contribution in [0.3, 0.4) is 0 Å². The molecule has 1 heterocycles. The van der Waals surface area contributed by atoms with Crippen molar-refractivity contribution in [1.29, 1.82) is 0 Å². The smallest absolute Gasteiger partial charge is 0.210 e. The highest BCUT2D eigenvalue weighted by atomic mass is 32.1. The quantitative estimate of drug-likeness (QED) is 0.788. The lowest BCUT2D eigenvalue weighted by atomic mass is 10.2. The first-order valence-corrected chi connectivity index (χ1v) is 4.92. The van der Waals surface area contributed by atoms with E-state index >= 15 is 0 Å². The van der Waals surface area contributed by atoms with Crippen molar-refractivity contribution in [2.24, 2.45) is 0 Å². The molecule has 0 atom stereocenters. The van der Waals surface area contributed by atoms with Crippen molar-refractivity contribution in [3.63, 3.8) is 0 Å². The van der Waals surface area contributed by atoms with Crippen LogP contribution in [0.25, 0.3) is 0 Å². The summed E-state index contributed by atoms with van der Waals surface area (Å²) < 4.78 is 5.25. The van der Waals surface area contributed by atoms with Gasteiger partial charge in [-0.3, -0.25) is 4.79 Å². The molecule has 1 rings (SSSR count). The summed E-state index contributed by atoms with van der Waals surface area (Å²) in [6.45, 7) is 6.07. The first kappa shape index (κ1) is 10.1. The number of nitrogens with two attached hydrogens (primary N) is 1. The third-order valence-corrected chi connectivity index (χ3v) is 2.99. The summed E-state index contributed by atoms with van der Waals surface area (Å²) in [6.07, 6.45) is 0. The predicted octanol–water partition coefficient (Wildman–Crippen LogP) is 1.71. The molecule has 3 nitrogen and oxygen atoms in total. The zero-order chi connectivity index (χ0) is 10.0. The van der Waals surface area contributed by atoms with Crippen LogP contribution >= 0.6 is 11.3 Å². The minimum absolute atomic E-state index is 0.111. The van der Waals surface area contributed by atoms with Crippen molar-refractivity contribution in [3.8, 4) is 5.06 Å². The number of hydrogen-bond donors (Lipinski definition) is 1. The minimum atomic E-state index is -0.111. The molecule has 0 aromatic carbocycles. The Hall–Kier alpha value is -1.03. The number of nitrogen functional groups attached to an aromatic ring is 1. The van der Waals surface area contributed by atoms with Crippen LogP contribution in [-0.4, -0.2) is 6.61 Å². The van der Waals surface area contributed by atoms with Gasteiger partial charge in [0.25, 0.3) is 0 Å². The molecule has 13 heavy (non-hydrogen) atoms. The first-order valence-electron chi connectivity index (χ1n) is 4.10. The Morgan fingerprint density at radius 3 is 2.62 bits per heavy atom. The maximum Gasteiger partial charge on any atom is 0.210 e. The Kier molecular flexibility index (Phi) is 2.93. The largest absolute Gasteiger partial charge is 0.483 e. The van der Waals surface area contributed by atoms with Crippen LogP contribution < -0.4 is 15.9 Å². The Labute approximate surface area is 81.2 Å². The Bertz CT molecular complexity index is 371. The molecule has 0 aliphatic heterocycles. The van der Waals surface area contributed by atoms with E-state index in [1.807, 2.05) is 13.8 Å². The molecule has 4 heteroatoms. The van der Waals surface area contributed by atoms with Gasteiger partial charge in [-0.1, -0.05) is 0 Å². The second-order valence-corrected chi connectivity index (χ2v) is 3.93. The zero-order valence-electron chi connectivity index (χ0n) is 8.01. The van der Waals surface area contributed by atoms with Crippen LogP contribution in [0.4, 0.5) is 5.69 Å². The van der Waals surface area contributed by atoms with Gasteiger partial charge in [-0.15, -0.1) is 11.3 Å². The molecule has 1 aromatic heterocycles. The summed E-state index contributed by atoms with van der Waals surface area (Å²) in [6, 6.07) is 0. The van der Waals surface area contributed by atoms with Gasteiger partial charge in [0, 0.05) is 10.4 Å². The molecule has 0 saturated heterocycles. The fourth-order valence-electron chi connectivity index (χ4n) is 0.963. The molecule has 0 aliphatic carbocycles. The topological polar surface area (TPSA) is 52.3 Å². The van der Waals surface area contributed by atoms with E-state index in [1.54, 1.807) is 6.92 Å². The Morgan fingerprint density at radius 1 is 1.46 bits per heavy atom. The molecule has 1 aromatic rings. The lowest BCUT2D eigenvalue weighted by molar-refractivity contribution is 0.351. The van der Waals surface area contributed by atoms with Gasteiger partial charge in [0.2, 0.25) is 10.5 Å². The molecule has 0 radical (unpaired) electrons. The van der Waals surface area contributed by atoms with Crippen LogP contribution in [0.5, 0.6) is 5.06 Å². The van der Waals surface area contributed by atoms with Gasteiger partial charge in [-0.25, -0.2) is 0 Å². The van der Waals surface area contributed by atoms with Crippen molar-refractivity contribution < 1.29 is 4.74 Å². The lowest BCUT2D eigenvalue weighted by Gasteiger charge is -2.07. The molecular formula is C9H13NO2S. The van der Waals surface area contributed by atoms with Gasteiger partial charge in [0.05, 0.1) is 6.61 Å². The zero-order valence-corrected chi connectivity index (χ0v) is 8.83. The maximum absolute atomic E-state index is 11.5. The van der Waals surface area contributed by atoms with E-state index in [1.165, 1.54) is 11.3 Å². The Morgan fingerprint density at radius 2 is 2.08 bits per heavy atom. The third kappa shape index (κ3) is 1.83. The molecule has 0 fully saturated rings.